The number of fused-ring (bicyclic) bond motifs is 1. The number of anilines is 1. The Hall–Kier alpha value is -2.53. The zero-order valence-electron chi connectivity index (χ0n) is 19.8. The fourth-order valence-electron chi connectivity index (χ4n) is 4.73. The number of amides is 1. The lowest BCUT2D eigenvalue weighted by Gasteiger charge is -2.29. The predicted octanol–water partition coefficient (Wildman–Crippen LogP) is 3.98. The third-order valence-corrected chi connectivity index (χ3v) is 9.56. The maximum absolute atomic E-state index is 14.0. The van der Waals surface area contributed by atoms with Crippen molar-refractivity contribution in [1.29, 1.82) is 0 Å². The number of ether oxygens (including phenoxy) is 2. The fraction of sp³-hybridized carbons (Fsp3) is 0.440. The first-order valence-corrected chi connectivity index (χ1v) is 14.1. The Morgan fingerprint density at radius 3 is 2.71 bits per heavy atom. The van der Waals surface area contributed by atoms with Crippen molar-refractivity contribution in [2.45, 2.75) is 49.6 Å². The van der Waals surface area contributed by atoms with E-state index in [1.807, 2.05) is 19.1 Å². The molecule has 3 heterocycles. The molecule has 0 aliphatic carbocycles. The van der Waals surface area contributed by atoms with E-state index in [4.69, 9.17) is 14.5 Å². The molecule has 0 N–H and O–H groups in total. The summed E-state index contributed by atoms with van der Waals surface area (Å²) in [4.78, 5) is 20.5. The second-order valence-corrected chi connectivity index (χ2v) is 11.9. The molecule has 2 unspecified atom stereocenters. The van der Waals surface area contributed by atoms with Crippen molar-refractivity contribution >= 4 is 42.6 Å². The van der Waals surface area contributed by atoms with Crippen LogP contribution in [0.5, 0.6) is 5.75 Å². The Labute approximate surface area is 209 Å². The molecule has 5 rings (SSSR count). The van der Waals surface area contributed by atoms with E-state index in [1.165, 1.54) is 34.9 Å². The number of sulfonamides is 1. The summed E-state index contributed by atoms with van der Waals surface area (Å²) in [5.74, 6) is 0.331. The van der Waals surface area contributed by atoms with Gasteiger partial charge in [0.1, 0.15) is 11.8 Å². The van der Waals surface area contributed by atoms with Gasteiger partial charge in [-0.05, 0) is 74.6 Å². The van der Waals surface area contributed by atoms with Crippen molar-refractivity contribution in [1.82, 2.24) is 9.29 Å². The van der Waals surface area contributed by atoms with E-state index in [-0.39, 0.29) is 16.9 Å². The Kier molecular flexibility index (Phi) is 6.80. The SMILES string of the molecule is COc1ccc(S(=O)(=O)N2CCCC2C(=O)N(CC2CCCO2)c2nc3ccc(C)cc3s2)cc1. The highest BCUT2D eigenvalue weighted by Gasteiger charge is 2.42. The van der Waals surface area contributed by atoms with Gasteiger partial charge in [0.2, 0.25) is 15.9 Å². The van der Waals surface area contributed by atoms with Crippen LogP contribution in [0.1, 0.15) is 31.2 Å². The molecule has 0 bridgehead atoms. The summed E-state index contributed by atoms with van der Waals surface area (Å²) in [6.07, 6.45) is 2.83. The van der Waals surface area contributed by atoms with Crippen molar-refractivity contribution in [3.05, 3.63) is 48.0 Å². The second-order valence-electron chi connectivity index (χ2n) is 9.00. The Balaban J connectivity index is 1.47. The molecule has 0 radical (unpaired) electrons. The fourth-order valence-corrected chi connectivity index (χ4v) is 7.46. The number of hydrogen-bond acceptors (Lipinski definition) is 7. The first-order valence-electron chi connectivity index (χ1n) is 11.8. The molecule has 35 heavy (non-hydrogen) atoms. The lowest BCUT2D eigenvalue weighted by Crippen LogP contribution is -2.49. The zero-order valence-corrected chi connectivity index (χ0v) is 21.5. The molecule has 0 saturated carbocycles. The highest BCUT2D eigenvalue weighted by molar-refractivity contribution is 7.89. The first-order chi connectivity index (χ1) is 16.9. The van der Waals surface area contributed by atoms with E-state index >= 15 is 0 Å². The summed E-state index contributed by atoms with van der Waals surface area (Å²) < 4.78 is 40.4. The standard InChI is InChI=1S/C25H29N3O5S2/c1-17-7-12-21-23(15-17)34-25(26-21)27(16-19-5-4-14-33-19)24(29)22-6-3-13-28(22)35(30,31)20-10-8-18(32-2)9-11-20/h7-12,15,19,22H,3-6,13-14,16H2,1-2H3. The van der Waals surface area contributed by atoms with Crippen LogP contribution < -0.4 is 9.64 Å². The van der Waals surface area contributed by atoms with Crippen LogP contribution in [0.3, 0.4) is 0 Å². The number of rotatable bonds is 7. The van der Waals surface area contributed by atoms with Crippen molar-refractivity contribution < 1.29 is 22.7 Å². The third kappa shape index (κ3) is 4.80. The van der Waals surface area contributed by atoms with E-state index < -0.39 is 16.1 Å². The normalized spacial score (nSPS) is 21.0. The largest absolute Gasteiger partial charge is 0.497 e. The maximum Gasteiger partial charge on any atom is 0.247 e. The van der Waals surface area contributed by atoms with E-state index in [0.717, 1.165) is 28.6 Å². The van der Waals surface area contributed by atoms with Gasteiger partial charge in [-0.2, -0.15) is 4.31 Å². The number of carbonyl (C=O) groups excluding carboxylic acids is 1. The van der Waals surface area contributed by atoms with Crippen molar-refractivity contribution in [3.8, 4) is 5.75 Å². The van der Waals surface area contributed by atoms with Gasteiger partial charge >= 0.3 is 0 Å². The van der Waals surface area contributed by atoms with Gasteiger partial charge in [-0.1, -0.05) is 17.4 Å². The summed E-state index contributed by atoms with van der Waals surface area (Å²) in [6.45, 7) is 3.36. The summed E-state index contributed by atoms with van der Waals surface area (Å²) >= 11 is 1.46. The molecule has 2 fully saturated rings. The number of hydrogen-bond donors (Lipinski definition) is 0. The topological polar surface area (TPSA) is 89.0 Å². The molecule has 1 amide bonds. The third-order valence-electron chi connectivity index (χ3n) is 6.59. The van der Waals surface area contributed by atoms with Crippen molar-refractivity contribution in [2.24, 2.45) is 0 Å². The molecule has 2 aliphatic rings. The zero-order chi connectivity index (χ0) is 24.6. The van der Waals surface area contributed by atoms with E-state index in [2.05, 4.69) is 6.07 Å². The molecule has 0 spiro atoms. The van der Waals surface area contributed by atoms with Gasteiger partial charge in [0.25, 0.3) is 0 Å². The summed E-state index contributed by atoms with van der Waals surface area (Å²) in [7, 11) is -2.32. The summed E-state index contributed by atoms with van der Waals surface area (Å²) in [6, 6.07) is 11.5. The van der Waals surface area contributed by atoms with Crippen LogP contribution in [0.15, 0.2) is 47.4 Å². The van der Waals surface area contributed by atoms with E-state index in [1.54, 1.807) is 17.0 Å². The van der Waals surface area contributed by atoms with E-state index in [0.29, 0.717) is 43.4 Å². The number of benzene rings is 2. The van der Waals surface area contributed by atoms with Gasteiger partial charge in [-0.3, -0.25) is 9.69 Å². The number of nitrogens with zero attached hydrogens (tertiary/aromatic N) is 3. The minimum Gasteiger partial charge on any atom is -0.497 e. The van der Waals surface area contributed by atoms with Crippen LogP contribution in [-0.4, -0.2) is 62.6 Å². The first kappa shape index (κ1) is 24.2. The minimum absolute atomic E-state index is 0.0826. The Morgan fingerprint density at radius 1 is 1.20 bits per heavy atom. The molecular formula is C25H29N3O5S2. The van der Waals surface area contributed by atoms with Crippen LogP contribution in [0.25, 0.3) is 10.2 Å². The molecule has 2 aliphatic heterocycles. The molecule has 2 aromatic carbocycles. The van der Waals surface area contributed by atoms with Gasteiger partial charge < -0.3 is 9.47 Å². The molecule has 1 aromatic heterocycles. The number of methoxy groups -OCH3 is 1. The number of thiazole rings is 1. The number of carbonyl (C=O) groups is 1. The lowest BCUT2D eigenvalue weighted by molar-refractivity contribution is -0.122. The monoisotopic (exact) mass is 515 g/mol. The lowest BCUT2D eigenvalue weighted by atomic mass is 10.2. The van der Waals surface area contributed by atoms with Gasteiger partial charge in [0, 0.05) is 13.2 Å². The van der Waals surface area contributed by atoms with Gasteiger partial charge in [0.15, 0.2) is 5.13 Å². The summed E-state index contributed by atoms with van der Waals surface area (Å²) in [5.41, 5.74) is 1.95. The van der Waals surface area contributed by atoms with Crippen LogP contribution in [0.4, 0.5) is 5.13 Å². The molecule has 2 atom stereocenters. The van der Waals surface area contributed by atoms with Crippen molar-refractivity contribution in [3.63, 3.8) is 0 Å². The molecule has 8 nitrogen and oxygen atoms in total. The quantitative estimate of drug-likeness (QED) is 0.473. The average molecular weight is 516 g/mol. The Morgan fingerprint density at radius 2 is 2.00 bits per heavy atom. The molecule has 3 aromatic rings. The summed E-state index contributed by atoms with van der Waals surface area (Å²) in [5, 5.41) is 0.583. The van der Waals surface area contributed by atoms with Crippen LogP contribution in [0.2, 0.25) is 0 Å². The smallest absolute Gasteiger partial charge is 0.247 e. The van der Waals surface area contributed by atoms with Gasteiger partial charge in [-0.15, -0.1) is 0 Å². The Bertz CT molecular complexity index is 1320. The molecule has 2 saturated heterocycles. The molecule has 186 valence electrons. The molecular weight excluding hydrogens is 486 g/mol. The van der Waals surface area contributed by atoms with E-state index in [9.17, 15) is 13.2 Å². The molecule has 10 heteroatoms. The minimum atomic E-state index is -3.85. The second kappa shape index (κ2) is 9.85. The van der Waals surface area contributed by atoms with Crippen LogP contribution in [0, 0.1) is 6.92 Å². The van der Waals surface area contributed by atoms with Crippen LogP contribution in [-0.2, 0) is 19.6 Å². The van der Waals surface area contributed by atoms with Gasteiger partial charge in [-0.25, -0.2) is 13.4 Å². The van der Waals surface area contributed by atoms with Crippen molar-refractivity contribution in [2.75, 3.05) is 31.7 Å². The van der Waals surface area contributed by atoms with Gasteiger partial charge in [0.05, 0.1) is 34.9 Å². The number of aromatic nitrogens is 1. The number of aryl methyl sites for hydroxylation is 1. The average Bonchev–Trinajstić information content (AvgIpc) is 3.62. The highest BCUT2D eigenvalue weighted by atomic mass is 32.2. The highest BCUT2D eigenvalue weighted by Crippen LogP contribution is 2.34. The van der Waals surface area contributed by atoms with Crippen LogP contribution >= 0.6 is 11.3 Å². The predicted molar refractivity (Wildman–Crippen MR) is 136 cm³/mol. The maximum atomic E-state index is 14.0.